The minimum Gasteiger partial charge on any atom is -0.311 e. The quantitative estimate of drug-likeness (QED) is 0.690. The lowest BCUT2D eigenvalue weighted by Gasteiger charge is -2.35. The van der Waals surface area contributed by atoms with E-state index in [4.69, 9.17) is 0 Å². The molecular formula is C12H23N. The molecule has 1 N–H and O–H groups in total. The summed E-state index contributed by atoms with van der Waals surface area (Å²) in [7, 11) is 0. The van der Waals surface area contributed by atoms with Crippen LogP contribution in [0, 0.1) is 17.8 Å². The summed E-state index contributed by atoms with van der Waals surface area (Å²) in [5.41, 5.74) is 0. The third-order valence-electron chi connectivity index (χ3n) is 4.24. The highest BCUT2D eigenvalue weighted by molar-refractivity contribution is 4.94. The minimum atomic E-state index is 0.818. The Kier molecular flexibility index (Phi) is 2.64. The SMILES string of the molecule is CC1CC1NC1CCCC(C)C1C. The molecule has 2 saturated carbocycles. The third-order valence-corrected chi connectivity index (χ3v) is 4.24. The van der Waals surface area contributed by atoms with Crippen LogP contribution in [0.4, 0.5) is 0 Å². The van der Waals surface area contributed by atoms with Gasteiger partial charge in [0.2, 0.25) is 0 Å². The number of hydrogen-bond donors (Lipinski definition) is 1. The van der Waals surface area contributed by atoms with Crippen LogP contribution in [0.15, 0.2) is 0 Å². The van der Waals surface area contributed by atoms with Crippen molar-refractivity contribution in [3.05, 3.63) is 0 Å². The maximum Gasteiger partial charge on any atom is 0.00990 e. The zero-order valence-electron chi connectivity index (χ0n) is 9.22. The number of rotatable bonds is 2. The molecule has 76 valence electrons. The van der Waals surface area contributed by atoms with Crippen LogP contribution in [0.1, 0.15) is 46.5 Å². The second kappa shape index (κ2) is 3.61. The number of hydrogen-bond acceptors (Lipinski definition) is 1. The zero-order chi connectivity index (χ0) is 9.42. The number of nitrogens with one attached hydrogen (secondary N) is 1. The van der Waals surface area contributed by atoms with Crippen molar-refractivity contribution in [3.8, 4) is 0 Å². The smallest absolute Gasteiger partial charge is 0.00990 e. The van der Waals surface area contributed by atoms with Crippen molar-refractivity contribution in [2.24, 2.45) is 17.8 Å². The fourth-order valence-corrected chi connectivity index (χ4v) is 2.65. The molecule has 2 fully saturated rings. The van der Waals surface area contributed by atoms with Gasteiger partial charge in [-0.2, -0.15) is 0 Å². The Balaban J connectivity index is 1.83. The first-order valence-electron chi connectivity index (χ1n) is 5.94. The molecule has 1 nitrogen and oxygen atoms in total. The predicted octanol–water partition coefficient (Wildman–Crippen LogP) is 2.81. The van der Waals surface area contributed by atoms with E-state index < -0.39 is 0 Å². The minimum absolute atomic E-state index is 0.818. The van der Waals surface area contributed by atoms with Gasteiger partial charge in [-0.15, -0.1) is 0 Å². The third kappa shape index (κ3) is 2.07. The molecular weight excluding hydrogens is 158 g/mol. The molecule has 5 atom stereocenters. The summed E-state index contributed by atoms with van der Waals surface area (Å²) in [5, 5.41) is 3.82. The van der Waals surface area contributed by atoms with Crippen LogP contribution in [0.25, 0.3) is 0 Å². The summed E-state index contributed by atoms with van der Waals surface area (Å²) in [6, 6.07) is 1.68. The Labute approximate surface area is 82.3 Å². The van der Waals surface area contributed by atoms with Gasteiger partial charge < -0.3 is 5.32 Å². The van der Waals surface area contributed by atoms with Crippen LogP contribution in [-0.4, -0.2) is 12.1 Å². The molecule has 0 aromatic heterocycles. The van der Waals surface area contributed by atoms with Gasteiger partial charge in [-0.3, -0.25) is 0 Å². The summed E-state index contributed by atoms with van der Waals surface area (Å²) < 4.78 is 0. The van der Waals surface area contributed by atoms with Crippen LogP contribution < -0.4 is 5.32 Å². The fourth-order valence-electron chi connectivity index (χ4n) is 2.65. The second-order valence-corrected chi connectivity index (χ2v) is 5.36. The van der Waals surface area contributed by atoms with E-state index in [0.717, 1.165) is 29.8 Å². The standard InChI is InChI=1S/C12H23N/c1-8-5-4-6-11(10(8)3)13-12-7-9(12)2/h8-13H,4-7H2,1-3H3. The largest absolute Gasteiger partial charge is 0.311 e. The van der Waals surface area contributed by atoms with E-state index in [-0.39, 0.29) is 0 Å². The van der Waals surface area contributed by atoms with Crippen molar-refractivity contribution < 1.29 is 0 Å². The molecule has 0 saturated heterocycles. The normalized spacial score (nSPS) is 50.5. The van der Waals surface area contributed by atoms with E-state index in [1.165, 1.54) is 25.7 Å². The van der Waals surface area contributed by atoms with Crippen molar-refractivity contribution in [1.82, 2.24) is 5.32 Å². The molecule has 0 amide bonds. The molecule has 2 rings (SSSR count). The topological polar surface area (TPSA) is 12.0 Å². The van der Waals surface area contributed by atoms with Gasteiger partial charge in [0, 0.05) is 12.1 Å². The van der Waals surface area contributed by atoms with E-state index in [0.29, 0.717) is 0 Å². The van der Waals surface area contributed by atoms with Crippen LogP contribution >= 0.6 is 0 Å². The molecule has 0 spiro atoms. The molecule has 2 aliphatic carbocycles. The highest BCUT2D eigenvalue weighted by atomic mass is 15.0. The second-order valence-electron chi connectivity index (χ2n) is 5.36. The van der Waals surface area contributed by atoms with Crippen molar-refractivity contribution in [1.29, 1.82) is 0 Å². The average Bonchev–Trinajstić information content (AvgIpc) is 2.77. The Bertz CT molecular complexity index is 178. The summed E-state index contributed by atoms with van der Waals surface area (Å²) in [6.45, 7) is 7.19. The zero-order valence-corrected chi connectivity index (χ0v) is 9.22. The van der Waals surface area contributed by atoms with Gasteiger partial charge in [-0.25, -0.2) is 0 Å². The van der Waals surface area contributed by atoms with E-state index in [9.17, 15) is 0 Å². The van der Waals surface area contributed by atoms with Gasteiger partial charge in [-0.05, 0) is 30.6 Å². The molecule has 0 radical (unpaired) electrons. The highest BCUT2D eigenvalue weighted by Gasteiger charge is 2.37. The Morgan fingerprint density at radius 1 is 0.923 bits per heavy atom. The Morgan fingerprint density at radius 3 is 2.23 bits per heavy atom. The van der Waals surface area contributed by atoms with Gasteiger partial charge in [0.1, 0.15) is 0 Å². The lowest BCUT2D eigenvalue weighted by molar-refractivity contribution is 0.204. The van der Waals surface area contributed by atoms with Crippen molar-refractivity contribution >= 4 is 0 Å². The van der Waals surface area contributed by atoms with E-state index >= 15 is 0 Å². The van der Waals surface area contributed by atoms with Crippen molar-refractivity contribution in [2.75, 3.05) is 0 Å². The first-order chi connectivity index (χ1) is 6.18. The maximum absolute atomic E-state index is 3.82. The van der Waals surface area contributed by atoms with E-state index in [1.807, 2.05) is 0 Å². The van der Waals surface area contributed by atoms with Crippen LogP contribution in [0.3, 0.4) is 0 Å². The van der Waals surface area contributed by atoms with Crippen LogP contribution in [-0.2, 0) is 0 Å². The van der Waals surface area contributed by atoms with E-state index in [1.54, 1.807) is 0 Å². The van der Waals surface area contributed by atoms with Crippen molar-refractivity contribution in [2.45, 2.75) is 58.5 Å². The molecule has 1 heteroatoms. The fraction of sp³-hybridized carbons (Fsp3) is 1.00. The summed E-state index contributed by atoms with van der Waals surface area (Å²) in [6.07, 6.45) is 5.70. The monoisotopic (exact) mass is 181 g/mol. The molecule has 0 bridgehead atoms. The first-order valence-corrected chi connectivity index (χ1v) is 5.94. The summed E-state index contributed by atoms with van der Waals surface area (Å²) >= 11 is 0. The first kappa shape index (κ1) is 9.51. The van der Waals surface area contributed by atoms with Gasteiger partial charge in [0.25, 0.3) is 0 Å². The highest BCUT2D eigenvalue weighted by Crippen LogP contribution is 2.34. The van der Waals surface area contributed by atoms with E-state index in [2.05, 4.69) is 26.1 Å². The molecule has 0 aromatic carbocycles. The lowest BCUT2D eigenvalue weighted by atomic mass is 9.78. The summed E-state index contributed by atoms with van der Waals surface area (Å²) in [5.74, 6) is 2.77. The van der Waals surface area contributed by atoms with Crippen LogP contribution in [0.2, 0.25) is 0 Å². The summed E-state index contributed by atoms with van der Waals surface area (Å²) in [4.78, 5) is 0. The predicted molar refractivity (Wildman–Crippen MR) is 56.7 cm³/mol. The average molecular weight is 181 g/mol. The molecule has 5 unspecified atom stereocenters. The van der Waals surface area contributed by atoms with Gasteiger partial charge in [0.05, 0.1) is 0 Å². The Morgan fingerprint density at radius 2 is 1.62 bits per heavy atom. The molecule has 2 aliphatic rings. The molecule has 0 aromatic rings. The maximum atomic E-state index is 3.82. The van der Waals surface area contributed by atoms with Gasteiger partial charge in [0.15, 0.2) is 0 Å². The Hall–Kier alpha value is -0.0400. The van der Waals surface area contributed by atoms with Gasteiger partial charge >= 0.3 is 0 Å². The van der Waals surface area contributed by atoms with Crippen molar-refractivity contribution in [3.63, 3.8) is 0 Å². The van der Waals surface area contributed by atoms with Crippen LogP contribution in [0.5, 0.6) is 0 Å². The molecule has 0 aliphatic heterocycles. The lowest BCUT2D eigenvalue weighted by Crippen LogP contribution is -2.42. The van der Waals surface area contributed by atoms with Gasteiger partial charge in [-0.1, -0.05) is 33.6 Å². The molecule has 13 heavy (non-hydrogen) atoms. The molecule has 0 heterocycles.